The first-order valence-corrected chi connectivity index (χ1v) is 13.7. The van der Waals surface area contributed by atoms with Crippen molar-refractivity contribution in [2.24, 2.45) is 5.92 Å². The summed E-state index contributed by atoms with van der Waals surface area (Å²) in [7, 11) is 0. The minimum atomic E-state index is -5.00. The Morgan fingerprint density at radius 2 is 1.95 bits per heavy atom. The van der Waals surface area contributed by atoms with Crippen LogP contribution in [0.5, 0.6) is 5.75 Å². The van der Waals surface area contributed by atoms with E-state index in [0.29, 0.717) is 42.7 Å². The molecule has 0 spiro atoms. The molecule has 1 unspecified atom stereocenters. The zero-order valence-corrected chi connectivity index (χ0v) is 22.7. The number of amides is 2. The quantitative estimate of drug-likeness (QED) is 0.406. The molecule has 4 N–H and O–H groups in total. The van der Waals surface area contributed by atoms with Crippen LogP contribution in [-0.2, 0) is 6.54 Å². The van der Waals surface area contributed by atoms with Crippen LogP contribution in [0, 0.1) is 5.92 Å². The van der Waals surface area contributed by atoms with Gasteiger partial charge >= 0.3 is 6.36 Å². The summed E-state index contributed by atoms with van der Waals surface area (Å²) in [5.74, 6) is -1.25. The first kappa shape index (κ1) is 27.3. The van der Waals surface area contributed by atoms with E-state index in [9.17, 15) is 27.9 Å². The zero-order chi connectivity index (χ0) is 29.3. The molecule has 1 atom stereocenters. The Kier molecular flexibility index (Phi) is 6.40. The number of nitrogen functional groups attached to an aromatic ring is 1. The average Bonchev–Trinajstić information content (AvgIpc) is 3.61. The molecule has 2 saturated carbocycles. The van der Waals surface area contributed by atoms with Gasteiger partial charge in [0.2, 0.25) is 0 Å². The minimum Gasteiger partial charge on any atom is -0.405 e. The van der Waals surface area contributed by atoms with E-state index in [1.165, 1.54) is 10.7 Å². The Morgan fingerprint density at radius 3 is 2.61 bits per heavy atom. The maximum absolute atomic E-state index is 13.4. The smallest absolute Gasteiger partial charge is 0.405 e. The maximum atomic E-state index is 13.4. The van der Waals surface area contributed by atoms with E-state index in [0.717, 1.165) is 18.9 Å². The normalized spacial score (nSPS) is 23.5. The lowest BCUT2D eigenvalue weighted by Gasteiger charge is -2.33. The number of halogens is 3. The van der Waals surface area contributed by atoms with Gasteiger partial charge in [-0.15, -0.1) is 18.3 Å². The first-order chi connectivity index (χ1) is 19.3. The summed E-state index contributed by atoms with van der Waals surface area (Å²) in [5.41, 5.74) is 6.39. The number of benzene rings is 1. The maximum Gasteiger partial charge on any atom is 0.573 e. The molecule has 0 saturated heterocycles. The van der Waals surface area contributed by atoms with E-state index in [2.05, 4.69) is 20.1 Å². The van der Waals surface area contributed by atoms with Crippen LogP contribution in [0.15, 0.2) is 24.4 Å². The lowest BCUT2D eigenvalue weighted by molar-refractivity contribution is -0.274. The Hall–Kier alpha value is -3.87. The number of rotatable bonds is 6. The van der Waals surface area contributed by atoms with Gasteiger partial charge < -0.3 is 25.8 Å². The second-order valence-corrected chi connectivity index (χ2v) is 11.7. The second kappa shape index (κ2) is 9.61. The third kappa shape index (κ3) is 5.30. The summed E-state index contributed by atoms with van der Waals surface area (Å²) in [6.45, 7) is 3.84. The van der Waals surface area contributed by atoms with Crippen molar-refractivity contribution in [3.8, 4) is 17.0 Å². The molecule has 3 heterocycles. The van der Waals surface area contributed by atoms with Gasteiger partial charge in [0.25, 0.3) is 11.8 Å². The molecule has 2 aliphatic carbocycles. The molecule has 1 aliphatic heterocycles. The largest absolute Gasteiger partial charge is 0.573 e. The number of nitrogens with two attached hydrogens (primary N) is 1. The summed E-state index contributed by atoms with van der Waals surface area (Å²) >= 11 is 0. The van der Waals surface area contributed by atoms with Crippen molar-refractivity contribution >= 4 is 23.3 Å². The van der Waals surface area contributed by atoms with Gasteiger partial charge in [0.1, 0.15) is 11.3 Å². The number of ether oxygens (including phenoxy) is 1. The molecule has 2 fully saturated rings. The fraction of sp³-hybridized carbons (Fsp3) is 0.500. The number of nitrogens with zero attached hydrogens (tertiary/aromatic N) is 4. The van der Waals surface area contributed by atoms with E-state index < -0.39 is 29.5 Å². The van der Waals surface area contributed by atoms with Gasteiger partial charge in [-0.1, -0.05) is 0 Å². The molecule has 2 aromatic heterocycles. The molecule has 13 heteroatoms. The molecule has 10 nitrogen and oxygen atoms in total. The van der Waals surface area contributed by atoms with Gasteiger partial charge in [-0.05, 0) is 82.1 Å². The highest BCUT2D eigenvalue weighted by Gasteiger charge is 2.42. The standard InChI is InChI=1S/C28H31F3N6O4/c1-14(15-3-4-15)36-13-17-11-16(12-20(21(17)26(36)39)41-28(29,30)31)19-7-10-37-24(34-19)22(23(32)35-37)25(38)33-18-5-8-27(2,40)9-6-18/h7,10-12,14-15,18,40H,3-6,8-9,13H2,1-2H3,(H2,32,35)(H,33,38)/t14?,18-,27+. The van der Waals surface area contributed by atoms with Gasteiger partial charge in [-0.3, -0.25) is 9.59 Å². The third-order valence-corrected chi connectivity index (χ3v) is 8.45. The molecule has 0 bridgehead atoms. The van der Waals surface area contributed by atoms with Crippen LogP contribution in [0.25, 0.3) is 16.9 Å². The van der Waals surface area contributed by atoms with Gasteiger partial charge in [0, 0.05) is 30.4 Å². The van der Waals surface area contributed by atoms with E-state index in [1.807, 2.05) is 6.92 Å². The van der Waals surface area contributed by atoms with Crippen molar-refractivity contribution in [1.82, 2.24) is 24.8 Å². The SMILES string of the molecule is CC(C1CC1)N1Cc2cc(-c3ccn4nc(N)c(C(=O)N[C@H]5CC[C@@](C)(O)CC5)c4n3)cc(OC(F)(F)F)c2C1=O. The van der Waals surface area contributed by atoms with Gasteiger partial charge in [-0.2, -0.15) is 0 Å². The van der Waals surface area contributed by atoms with Gasteiger partial charge in [0.05, 0.1) is 16.9 Å². The predicted molar refractivity (Wildman–Crippen MR) is 142 cm³/mol. The predicted octanol–water partition coefficient (Wildman–Crippen LogP) is 4.05. The zero-order valence-electron chi connectivity index (χ0n) is 22.7. The number of hydrogen-bond acceptors (Lipinski definition) is 7. The highest BCUT2D eigenvalue weighted by atomic mass is 19.4. The summed E-state index contributed by atoms with van der Waals surface area (Å²) in [5, 5.41) is 17.3. The van der Waals surface area contributed by atoms with E-state index in [1.54, 1.807) is 24.0 Å². The number of anilines is 1. The molecule has 6 rings (SSSR count). The van der Waals surface area contributed by atoms with Crippen molar-refractivity contribution in [3.05, 3.63) is 41.1 Å². The van der Waals surface area contributed by atoms with Gasteiger partial charge in [0.15, 0.2) is 11.5 Å². The number of aliphatic hydroxyl groups is 1. The first-order valence-electron chi connectivity index (χ1n) is 13.7. The van der Waals surface area contributed by atoms with Crippen LogP contribution in [0.2, 0.25) is 0 Å². The molecular weight excluding hydrogens is 541 g/mol. The number of hydrogen-bond donors (Lipinski definition) is 3. The Balaban J connectivity index is 1.35. The van der Waals surface area contributed by atoms with Crippen LogP contribution < -0.4 is 15.8 Å². The monoisotopic (exact) mass is 572 g/mol. The molecule has 3 aromatic rings. The van der Waals surface area contributed by atoms with Crippen LogP contribution in [0.4, 0.5) is 19.0 Å². The topological polar surface area (TPSA) is 135 Å². The number of nitrogens with one attached hydrogen (secondary N) is 1. The summed E-state index contributed by atoms with van der Waals surface area (Å²) < 4.78 is 45.9. The van der Waals surface area contributed by atoms with E-state index >= 15 is 0 Å². The summed E-state index contributed by atoms with van der Waals surface area (Å²) in [6.07, 6.45) is 0.771. The molecular formula is C28H31F3N6O4. The van der Waals surface area contributed by atoms with Crippen LogP contribution in [-0.4, -0.2) is 60.5 Å². The number of alkyl halides is 3. The lowest BCUT2D eigenvalue weighted by atomic mass is 9.83. The number of carbonyl (C=O) groups is 2. The molecule has 3 aliphatic rings. The van der Waals surface area contributed by atoms with Crippen LogP contribution in [0.1, 0.15) is 78.7 Å². The second-order valence-electron chi connectivity index (χ2n) is 11.7. The highest BCUT2D eigenvalue weighted by molar-refractivity contribution is 6.05. The Labute approximate surface area is 233 Å². The fourth-order valence-corrected chi connectivity index (χ4v) is 5.92. The fourth-order valence-electron chi connectivity index (χ4n) is 5.92. The van der Waals surface area contributed by atoms with Crippen LogP contribution in [0.3, 0.4) is 0 Å². The van der Waals surface area contributed by atoms with E-state index in [4.69, 9.17) is 5.73 Å². The summed E-state index contributed by atoms with van der Waals surface area (Å²) in [4.78, 5) is 32.6. The molecule has 2 amide bonds. The van der Waals surface area contributed by atoms with E-state index in [-0.39, 0.29) is 46.9 Å². The lowest BCUT2D eigenvalue weighted by Crippen LogP contribution is -2.42. The third-order valence-electron chi connectivity index (χ3n) is 8.45. The Morgan fingerprint density at radius 1 is 1.24 bits per heavy atom. The van der Waals surface area contributed by atoms with Crippen molar-refractivity contribution in [1.29, 1.82) is 0 Å². The minimum absolute atomic E-state index is 0.0414. The number of carbonyl (C=O) groups excluding carboxylic acids is 2. The highest BCUT2D eigenvalue weighted by Crippen LogP contribution is 2.42. The van der Waals surface area contributed by atoms with Crippen molar-refractivity contribution < 1.29 is 32.6 Å². The number of aromatic nitrogens is 3. The number of fused-ring (bicyclic) bond motifs is 2. The van der Waals surface area contributed by atoms with Gasteiger partial charge in [-0.25, -0.2) is 9.50 Å². The summed E-state index contributed by atoms with van der Waals surface area (Å²) in [6, 6.07) is 4.09. The molecule has 41 heavy (non-hydrogen) atoms. The molecule has 218 valence electrons. The molecule has 0 radical (unpaired) electrons. The van der Waals surface area contributed by atoms with Crippen molar-refractivity contribution in [2.75, 3.05) is 5.73 Å². The Bertz CT molecular complexity index is 1540. The molecule has 1 aromatic carbocycles. The van der Waals surface area contributed by atoms with Crippen LogP contribution >= 0.6 is 0 Å². The van der Waals surface area contributed by atoms with Crippen molar-refractivity contribution in [2.45, 2.75) is 83.0 Å². The van der Waals surface area contributed by atoms with Crippen molar-refractivity contribution in [3.63, 3.8) is 0 Å². The average molecular weight is 573 g/mol.